The molecule has 0 spiro atoms. The van der Waals surface area contributed by atoms with Gasteiger partial charge in [0.05, 0.1) is 29.0 Å². The van der Waals surface area contributed by atoms with Crippen LogP contribution in [0.2, 0.25) is 0 Å². The zero-order chi connectivity index (χ0) is 33.4. The Morgan fingerprint density at radius 1 is 1.06 bits per heavy atom. The molecule has 0 bridgehead atoms. The second-order valence-corrected chi connectivity index (χ2v) is 11.5. The van der Waals surface area contributed by atoms with Crippen LogP contribution in [0.25, 0.3) is 22.2 Å². The van der Waals surface area contributed by atoms with E-state index in [1.807, 2.05) is 0 Å². The molecule has 2 aromatic carbocycles. The van der Waals surface area contributed by atoms with E-state index in [4.69, 9.17) is 0 Å². The Bertz CT molecular complexity index is 2080. The van der Waals surface area contributed by atoms with E-state index in [9.17, 15) is 36.6 Å². The van der Waals surface area contributed by atoms with Gasteiger partial charge in [0.25, 0.3) is 12.3 Å². The third-order valence-electron chi connectivity index (χ3n) is 8.45. The molecule has 0 saturated heterocycles. The number of alkyl halides is 4. The summed E-state index contributed by atoms with van der Waals surface area (Å²) in [6.45, 7) is -0.902. The van der Waals surface area contributed by atoms with Gasteiger partial charge in [0.2, 0.25) is 5.91 Å². The number of benzene rings is 2. The molecule has 1 saturated carbocycles. The molecule has 9 nitrogen and oxygen atoms in total. The molecule has 242 valence electrons. The van der Waals surface area contributed by atoms with Crippen molar-refractivity contribution in [2.24, 2.45) is 5.92 Å². The van der Waals surface area contributed by atoms with Crippen molar-refractivity contribution in [1.82, 2.24) is 30.3 Å². The molecule has 1 amide bonds. The average Bonchev–Trinajstić information content (AvgIpc) is 3.41. The van der Waals surface area contributed by atoms with Gasteiger partial charge in [-0.05, 0) is 60.2 Å². The second-order valence-electron chi connectivity index (χ2n) is 11.5. The van der Waals surface area contributed by atoms with E-state index in [0.29, 0.717) is 16.3 Å². The second kappa shape index (κ2) is 10.9. The molecule has 5 aromatic rings. The average molecular weight is 659 g/mol. The van der Waals surface area contributed by atoms with Crippen LogP contribution in [0.4, 0.5) is 30.7 Å². The van der Waals surface area contributed by atoms with Crippen LogP contribution >= 0.6 is 0 Å². The van der Waals surface area contributed by atoms with Crippen molar-refractivity contribution in [1.29, 1.82) is 0 Å². The highest BCUT2D eigenvalue weighted by atomic mass is 19.3. The molecule has 16 heteroatoms. The number of hydrogen-bond donors (Lipinski definition) is 3. The Morgan fingerprint density at radius 3 is 2.51 bits per heavy atom. The maximum absolute atomic E-state index is 15.1. The molecular formula is C31H21F7N6O3. The van der Waals surface area contributed by atoms with Gasteiger partial charge < -0.3 is 10.4 Å². The van der Waals surface area contributed by atoms with E-state index in [0.717, 1.165) is 24.3 Å². The van der Waals surface area contributed by atoms with Gasteiger partial charge in [-0.15, -0.1) is 0 Å². The van der Waals surface area contributed by atoms with Crippen molar-refractivity contribution in [2.75, 3.05) is 0 Å². The van der Waals surface area contributed by atoms with Crippen molar-refractivity contribution in [2.45, 2.75) is 43.7 Å². The minimum Gasteiger partial charge on any atom is -0.478 e. The predicted octanol–water partition coefficient (Wildman–Crippen LogP) is 6.18. The van der Waals surface area contributed by atoms with Crippen molar-refractivity contribution in [3.63, 3.8) is 0 Å². The highest BCUT2D eigenvalue weighted by Crippen LogP contribution is 2.68. The number of carboxylic acids is 1. The molecule has 1 fully saturated rings. The summed E-state index contributed by atoms with van der Waals surface area (Å²) in [4.78, 5) is 29.8. The number of carboxylic acid groups (broad SMARTS) is 1. The summed E-state index contributed by atoms with van der Waals surface area (Å²) in [5.41, 5.74) is -1.50. The SMILES string of the molecule is O=C(Cn1nc(C(F)F)c2c1C(F)(F)C1CC21)N[C@@H](Cc1cc(F)cc(F)c1)c1nc2cn[nH]c2cc1-c1ccc(F)c(C(=O)O)c1. The molecule has 3 N–H and O–H groups in total. The quantitative estimate of drug-likeness (QED) is 0.163. The molecule has 47 heavy (non-hydrogen) atoms. The van der Waals surface area contributed by atoms with Gasteiger partial charge in [-0.25, -0.2) is 31.7 Å². The molecule has 2 aliphatic carbocycles. The number of aromatic nitrogens is 5. The Labute approximate surface area is 259 Å². The van der Waals surface area contributed by atoms with Crippen LogP contribution in [-0.4, -0.2) is 41.9 Å². The number of rotatable bonds is 9. The maximum Gasteiger partial charge on any atom is 0.338 e. The number of aromatic amines is 1. The van der Waals surface area contributed by atoms with Gasteiger partial charge in [0.1, 0.15) is 40.9 Å². The van der Waals surface area contributed by atoms with Crippen molar-refractivity contribution in [3.05, 3.63) is 99.9 Å². The van der Waals surface area contributed by atoms with Gasteiger partial charge in [0, 0.05) is 23.1 Å². The summed E-state index contributed by atoms with van der Waals surface area (Å²) < 4.78 is 101. The summed E-state index contributed by atoms with van der Waals surface area (Å²) in [7, 11) is 0. The lowest BCUT2D eigenvalue weighted by molar-refractivity contribution is -0.123. The smallest absolute Gasteiger partial charge is 0.338 e. The standard InChI is InChI=1S/C31H21F7N6O3/c32-14-3-12(4-15(33)7-14)5-22(40-24(45)11-44-28-25(27(43-44)29(35)36)17-8-19(17)31(28,37)38)26-16(9-21-23(41-26)10-39-42-21)13-1-2-20(34)18(6-13)30(46)47/h1-4,6-7,9-10,17,19,22,29H,5,8,11H2,(H,39,42)(H,40,45)(H,46,47)/t17?,19?,22-/m0/s1. The monoisotopic (exact) mass is 658 g/mol. The maximum atomic E-state index is 15.1. The first kappa shape index (κ1) is 30.4. The van der Waals surface area contributed by atoms with E-state index in [1.165, 1.54) is 18.3 Å². The minimum atomic E-state index is -3.48. The minimum absolute atomic E-state index is 0.0189. The summed E-state index contributed by atoms with van der Waals surface area (Å²) in [5, 5.41) is 22.4. The number of carbonyl (C=O) groups is 2. The zero-order valence-electron chi connectivity index (χ0n) is 23.7. The van der Waals surface area contributed by atoms with E-state index in [2.05, 4.69) is 25.6 Å². The van der Waals surface area contributed by atoms with Crippen LogP contribution in [-0.2, 0) is 23.7 Å². The van der Waals surface area contributed by atoms with Gasteiger partial charge in [-0.3, -0.25) is 14.6 Å². The molecular weight excluding hydrogens is 637 g/mol. The number of amides is 1. The number of nitrogens with one attached hydrogen (secondary N) is 2. The van der Waals surface area contributed by atoms with E-state index >= 15 is 8.78 Å². The lowest BCUT2D eigenvalue weighted by Gasteiger charge is -2.23. The largest absolute Gasteiger partial charge is 0.478 e. The number of hydrogen-bond acceptors (Lipinski definition) is 5. The Balaban J connectivity index is 1.31. The van der Waals surface area contributed by atoms with Crippen LogP contribution in [0.3, 0.4) is 0 Å². The first-order valence-corrected chi connectivity index (χ1v) is 14.2. The number of pyridine rings is 1. The Kier molecular flexibility index (Phi) is 7.05. The number of halogens is 7. The van der Waals surface area contributed by atoms with Crippen molar-refractivity contribution in [3.8, 4) is 11.1 Å². The number of fused-ring (bicyclic) bond motifs is 4. The fourth-order valence-corrected chi connectivity index (χ4v) is 6.38. The van der Waals surface area contributed by atoms with Gasteiger partial charge in [-0.1, -0.05) is 6.07 Å². The lowest BCUT2D eigenvalue weighted by atomic mass is 9.94. The number of H-pyrrole nitrogens is 1. The molecule has 0 radical (unpaired) electrons. The molecule has 3 atom stereocenters. The first-order chi connectivity index (χ1) is 22.3. The van der Waals surface area contributed by atoms with Crippen LogP contribution in [0.15, 0.2) is 48.7 Å². The highest BCUT2D eigenvalue weighted by Gasteiger charge is 2.67. The molecule has 0 aliphatic heterocycles. The van der Waals surface area contributed by atoms with Gasteiger partial charge in [-0.2, -0.15) is 19.0 Å². The topological polar surface area (TPSA) is 126 Å². The third-order valence-corrected chi connectivity index (χ3v) is 8.45. The molecule has 7 rings (SSSR count). The summed E-state index contributed by atoms with van der Waals surface area (Å²) in [6.07, 6.45) is -2.11. The van der Waals surface area contributed by atoms with Gasteiger partial charge in [0.15, 0.2) is 0 Å². The summed E-state index contributed by atoms with van der Waals surface area (Å²) >= 11 is 0. The summed E-state index contributed by atoms with van der Waals surface area (Å²) in [5.74, 6) is -10.8. The Hall–Kier alpha value is -5.28. The normalized spacial score (nSPS) is 18.3. The number of carbonyl (C=O) groups excluding carboxylic acids is 1. The van der Waals surface area contributed by atoms with Crippen molar-refractivity contribution < 1.29 is 45.4 Å². The summed E-state index contributed by atoms with van der Waals surface area (Å²) in [6, 6.07) is 6.07. The van der Waals surface area contributed by atoms with Gasteiger partial charge >= 0.3 is 5.97 Å². The first-order valence-electron chi connectivity index (χ1n) is 14.2. The van der Waals surface area contributed by atoms with Crippen LogP contribution in [0.1, 0.15) is 63.4 Å². The van der Waals surface area contributed by atoms with Crippen LogP contribution in [0, 0.1) is 23.4 Å². The van der Waals surface area contributed by atoms with Crippen LogP contribution in [0.5, 0.6) is 0 Å². The predicted molar refractivity (Wildman–Crippen MR) is 149 cm³/mol. The van der Waals surface area contributed by atoms with E-state index < -0.39 is 83.0 Å². The van der Waals surface area contributed by atoms with E-state index in [-0.39, 0.29) is 46.3 Å². The molecule has 3 aromatic heterocycles. The van der Waals surface area contributed by atoms with Crippen LogP contribution < -0.4 is 5.32 Å². The molecule has 2 unspecified atom stereocenters. The number of nitrogens with zero attached hydrogens (tertiary/aromatic N) is 4. The van der Waals surface area contributed by atoms with Crippen molar-refractivity contribution >= 4 is 22.9 Å². The highest BCUT2D eigenvalue weighted by molar-refractivity contribution is 5.91. The lowest BCUT2D eigenvalue weighted by Crippen LogP contribution is -2.35. The zero-order valence-corrected chi connectivity index (χ0v) is 23.7. The molecule has 2 aliphatic rings. The number of aromatic carboxylic acids is 1. The fourth-order valence-electron chi connectivity index (χ4n) is 6.38. The molecule has 3 heterocycles. The third kappa shape index (κ3) is 5.26. The fraction of sp³-hybridized carbons (Fsp3) is 0.258. The Morgan fingerprint density at radius 2 is 1.81 bits per heavy atom. The van der Waals surface area contributed by atoms with E-state index in [1.54, 1.807) is 0 Å².